The van der Waals surface area contributed by atoms with Crippen LogP contribution in [0.4, 0.5) is 0 Å². The van der Waals surface area contributed by atoms with E-state index < -0.39 is 0 Å². The van der Waals surface area contributed by atoms with Crippen molar-refractivity contribution in [3.63, 3.8) is 0 Å². The summed E-state index contributed by atoms with van der Waals surface area (Å²) in [4.78, 5) is 18.6. The zero-order valence-corrected chi connectivity index (χ0v) is 17.5. The Morgan fingerprint density at radius 1 is 1.17 bits per heavy atom. The minimum atomic E-state index is -0.341. The van der Waals surface area contributed by atoms with Gasteiger partial charge in [-0.15, -0.1) is 21.5 Å². The highest BCUT2D eigenvalue weighted by Gasteiger charge is 2.33. The molecule has 6 nitrogen and oxygen atoms in total. The third kappa shape index (κ3) is 4.57. The number of hydrogen-bond acceptors (Lipinski definition) is 6. The number of benzene rings is 1. The van der Waals surface area contributed by atoms with Gasteiger partial charge in [0, 0.05) is 13.1 Å². The fraction of sp³-hybridized carbons (Fsp3) is 0.409. The molecule has 1 atom stereocenters. The quantitative estimate of drug-likeness (QED) is 0.552. The lowest BCUT2D eigenvalue weighted by atomic mass is 10.0. The predicted octanol–water partition coefficient (Wildman–Crippen LogP) is 4.37. The number of hydrogen-bond donors (Lipinski definition) is 0. The second kappa shape index (κ2) is 9.33. The highest BCUT2D eigenvalue weighted by molar-refractivity contribution is 7.13. The molecule has 3 heterocycles. The maximum Gasteiger partial charge on any atom is 0.257 e. The van der Waals surface area contributed by atoms with Gasteiger partial charge in [-0.3, -0.25) is 9.69 Å². The van der Waals surface area contributed by atoms with Crippen molar-refractivity contribution in [2.75, 3.05) is 19.6 Å². The lowest BCUT2D eigenvalue weighted by molar-refractivity contribution is -0.136. The molecule has 0 radical (unpaired) electrons. The Morgan fingerprint density at radius 3 is 2.66 bits per heavy atom. The summed E-state index contributed by atoms with van der Waals surface area (Å²) in [6.07, 6.45) is 3.09. The van der Waals surface area contributed by atoms with E-state index in [4.69, 9.17) is 4.42 Å². The van der Waals surface area contributed by atoms with Gasteiger partial charge in [-0.1, -0.05) is 43.3 Å². The van der Waals surface area contributed by atoms with E-state index in [0.717, 1.165) is 49.3 Å². The smallest absolute Gasteiger partial charge is 0.257 e. The summed E-state index contributed by atoms with van der Waals surface area (Å²) in [5, 5.41) is 10.4. The number of likely N-dealkylation sites (tertiary alicyclic amines) is 1. The van der Waals surface area contributed by atoms with E-state index in [1.165, 1.54) is 0 Å². The maximum atomic E-state index is 13.5. The maximum absolute atomic E-state index is 13.5. The number of rotatable bonds is 8. The van der Waals surface area contributed by atoms with Gasteiger partial charge in [-0.05, 0) is 42.8 Å². The van der Waals surface area contributed by atoms with Crippen molar-refractivity contribution in [1.82, 2.24) is 20.0 Å². The van der Waals surface area contributed by atoms with E-state index in [9.17, 15) is 4.79 Å². The zero-order valence-electron chi connectivity index (χ0n) is 16.7. The average Bonchev–Trinajstić information content (AvgIpc) is 3.50. The molecule has 0 saturated carbocycles. The summed E-state index contributed by atoms with van der Waals surface area (Å²) in [6, 6.07) is 13.6. The molecule has 1 aliphatic heterocycles. The standard InChI is InChI=1S/C22H26N4O2S/c1-2-12-26(16-19-23-24-21(28-19)18-11-8-15-29-18)20(17-9-4-3-5-10-17)22(27)25-13-6-7-14-25/h3-5,8-11,15,20H,2,6-7,12-14,16H2,1H3. The van der Waals surface area contributed by atoms with Crippen LogP contribution in [0.25, 0.3) is 10.8 Å². The topological polar surface area (TPSA) is 62.5 Å². The van der Waals surface area contributed by atoms with E-state index in [1.807, 2.05) is 52.7 Å². The van der Waals surface area contributed by atoms with Gasteiger partial charge in [-0.2, -0.15) is 0 Å². The first kappa shape index (κ1) is 19.8. The Kier molecular flexibility index (Phi) is 6.36. The van der Waals surface area contributed by atoms with E-state index in [0.29, 0.717) is 18.3 Å². The van der Waals surface area contributed by atoms with E-state index in [-0.39, 0.29) is 11.9 Å². The summed E-state index contributed by atoms with van der Waals surface area (Å²) in [6.45, 7) is 5.03. The summed E-state index contributed by atoms with van der Waals surface area (Å²) < 4.78 is 5.92. The third-order valence-corrected chi connectivity index (χ3v) is 6.04. The molecule has 4 rings (SSSR count). The lowest BCUT2D eigenvalue weighted by Crippen LogP contribution is -2.42. The van der Waals surface area contributed by atoms with Gasteiger partial charge < -0.3 is 9.32 Å². The normalized spacial score (nSPS) is 15.2. The van der Waals surface area contributed by atoms with Crippen LogP contribution >= 0.6 is 11.3 Å². The third-order valence-electron chi connectivity index (χ3n) is 5.18. The van der Waals surface area contributed by atoms with Crippen LogP contribution in [0.1, 0.15) is 43.7 Å². The van der Waals surface area contributed by atoms with Gasteiger partial charge >= 0.3 is 0 Å². The Balaban J connectivity index is 1.61. The minimum absolute atomic E-state index is 0.167. The van der Waals surface area contributed by atoms with Crippen molar-refractivity contribution in [1.29, 1.82) is 0 Å². The summed E-state index contributed by atoms with van der Waals surface area (Å²) in [5.74, 6) is 1.24. The number of thiophene rings is 1. The number of nitrogens with zero attached hydrogens (tertiary/aromatic N) is 4. The molecule has 0 bridgehead atoms. The van der Waals surface area contributed by atoms with Crippen LogP contribution in [-0.2, 0) is 11.3 Å². The van der Waals surface area contributed by atoms with Crippen molar-refractivity contribution < 1.29 is 9.21 Å². The van der Waals surface area contributed by atoms with Crippen LogP contribution in [0.5, 0.6) is 0 Å². The van der Waals surface area contributed by atoms with E-state index in [1.54, 1.807) is 11.3 Å². The number of amides is 1. The molecule has 0 N–H and O–H groups in total. The Morgan fingerprint density at radius 2 is 1.97 bits per heavy atom. The molecule has 1 aromatic carbocycles. The van der Waals surface area contributed by atoms with Gasteiger partial charge in [-0.25, -0.2) is 0 Å². The van der Waals surface area contributed by atoms with Crippen molar-refractivity contribution in [2.24, 2.45) is 0 Å². The van der Waals surface area contributed by atoms with Crippen molar-refractivity contribution in [2.45, 2.75) is 38.8 Å². The molecular weight excluding hydrogens is 384 g/mol. The van der Waals surface area contributed by atoms with Crippen molar-refractivity contribution in [3.05, 3.63) is 59.3 Å². The molecule has 152 valence electrons. The van der Waals surface area contributed by atoms with Gasteiger partial charge in [0.1, 0.15) is 6.04 Å². The number of aromatic nitrogens is 2. The van der Waals surface area contributed by atoms with Gasteiger partial charge in [0.15, 0.2) is 0 Å². The van der Waals surface area contributed by atoms with Crippen molar-refractivity contribution in [3.8, 4) is 10.8 Å². The Bertz CT molecular complexity index is 904. The van der Waals surface area contributed by atoms with Crippen LogP contribution in [0, 0.1) is 0 Å². The van der Waals surface area contributed by atoms with Gasteiger partial charge in [0.25, 0.3) is 5.89 Å². The molecule has 0 spiro atoms. The molecule has 1 aliphatic rings. The average molecular weight is 411 g/mol. The molecule has 1 amide bonds. The molecule has 1 fully saturated rings. The van der Waals surface area contributed by atoms with E-state index in [2.05, 4.69) is 22.0 Å². The first-order valence-electron chi connectivity index (χ1n) is 10.2. The SMILES string of the molecule is CCCN(Cc1nnc(-c2cccs2)o1)C(C(=O)N1CCCC1)c1ccccc1. The molecule has 2 aromatic heterocycles. The molecule has 7 heteroatoms. The monoisotopic (exact) mass is 410 g/mol. The predicted molar refractivity (Wildman–Crippen MR) is 113 cm³/mol. The summed E-state index contributed by atoms with van der Waals surface area (Å²) in [5.41, 5.74) is 1.01. The largest absolute Gasteiger partial charge is 0.419 e. The molecule has 29 heavy (non-hydrogen) atoms. The zero-order chi connectivity index (χ0) is 20.1. The highest BCUT2D eigenvalue weighted by Crippen LogP contribution is 2.28. The second-order valence-corrected chi connectivity index (χ2v) is 8.24. The van der Waals surface area contributed by atoms with Gasteiger partial charge in [0.2, 0.25) is 11.8 Å². The van der Waals surface area contributed by atoms with E-state index >= 15 is 0 Å². The number of carbonyl (C=O) groups is 1. The molecule has 0 aliphatic carbocycles. The summed E-state index contributed by atoms with van der Waals surface area (Å²) in [7, 11) is 0. The molecular formula is C22H26N4O2S. The Hall–Kier alpha value is -2.51. The highest BCUT2D eigenvalue weighted by atomic mass is 32.1. The number of carbonyl (C=O) groups excluding carboxylic acids is 1. The molecule has 3 aromatic rings. The molecule has 1 unspecified atom stereocenters. The first-order chi connectivity index (χ1) is 14.3. The first-order valence-corrected chi connectivity index (χ1v) is 11.1. The second-order valence-electron chi connectivity index (χ2n) is 7.29. The van der Waals surface area contributed by atoms with Crippen LogP contribution < -0.4 is 0 Å². The van der Waals surface area contributed by atoms with Crippen LogP contribution in [-0.4, -0.2) is 45.5 Å². The van der Waals surface area contributed by atoms with Gasteiger partial charge in [0.05, 0.1) is 11.4 Å². The molecule has 1 saturated heterocycles. The minimum Gasteiger partial charge on any atom is -0.419 e. The fourth-order valence-electron chi connectivity index (χ4n) is 3.83. The van der Waals surface area contributed by atoms with Crippen LogP contribution in [0.3, 0.4) is 0 Å². The Labute approximate surface area is 175 Å². The van der Waals surface area contributed by atoms with Crippen LogP contribution in [0.2, 0.25) is 0 Å². The van der Waals surface area contributed by atoms with Crippen molar-refractivity contribution >= 4 is 17.2 Å². The lowest BCUT2D eigenvalue weighted by Gasteiger charge is -2.32. The van der Waals surface area contributed by atoms with Crippen LogP contribution in [0.15, 0.2) is 52.3 Å². The summed E-state index contributed by atoms with van der Waals surface area (Å²) >= 11 is 1.57. The fourth-order valence-corrected chi connectivity index (χ4v) is 4.48.